The number of hydrogen-bond donors (Lipinski definition) is 2. The molecule has 0 rings (SSSR count). The fourth-order valence-corrected chi connectivity index (χ4v) is 1.58. The first-order valence-corrected chi connectivity index (χ1v) is 4.72. The lowest BCUT2D eigenvalue weighted by Gasteiger charge is -2.41. The zero-order chi connectivity index (χ0) is 9.99. The summed E-state index contributed by atoms with van der Waals surface area (Å²) in [5.74, 6) is 0.164. The van der Waals surface area contributed by atoms with E-state index in [0.717, 1.165) is 12.8 Å². The van der Waals surface area contributed by atoms with E-state index in [1.807, 2.05) is 13.8 Å². The van der Waals surface area contributed by atoms with Crippen LogP contribution in [0.3, 0.4) is 0 Å². The first-order chi connectivity index (χ1) is 5.27. The molecule has 0 aromatic rings. The molecular weight excluding hydrogens is 152 g/mol. The molecule has 0 fully saturated rings. The predicted molar refractivity (Wildman–Crippen MR) is 51.0 cm³/mol. The zero-order valence-electron chi connectivity index (χ0n) is 8.89. The molecule has 0 amide bonds. The maximum atomic E-state index is 10.1. The molecule has 74 valence electrons. The van der Waals surface area contributed by atoms with Gasteiger partial charge in [-0.15, -0.1) is 0 Å². The summed E-state index contributed by atoms with van der Waals surface area (Å²) in [6, 6.07) is 0. The highest BCUT2D eigenvalue weighted by Gasteiger charge is 2.42. The van der Waals surface area contributed by atoms with Gasteiger partial charge in [0, 0.05) is 0 Å². The lowest BCUT2D eigenvalue weighted by molar-refractivity contribution is -0.153. The lowest BCUT2D eigenvalue weighted by atomic mass is 9.74. The molecule has 2 nitrogen and oxygen atoms in total. The summed E-state index contributed by atoms with van der Waals surface area (Å²) in [4.78, 5) is 0. The molecule has 0 spiro atoms. The minimum atomic E-state index is -1.02. The molecule has 0 saturated heterocycles. The van der Waals surface area contributed by atoms with Crippen molar-refractivity contribution in [1.29, 1.82) is 0 Å². The van der Waals surface area contributed by atoms with E-state index in [0.29, 0.717) is 0 Å². The van der Waals surface area contributed by atoms with Crippen LogP contribution in [-0.4, -0.2) is 21.4 Å². The Labute approximate surface area is 75.6 Å². The summed E-state index contributed by atoms with van der Waals surface area (Å²) in [7, 11) is 0. The Hall–Kier alpha value is -0.0800. The summed E-state index contributed by atoms with van der Waals surface area (Å²) in [5.41, 5.74) is -2.01. The van der Waals surface area contributed by atoms with Crippen LogP contribution in [0.5, 0.6) is 0 Å². The highest BCUT2D eigenvalue weighted by atomic mass is 16.4. The Morgan fingerprint density at radius 1 is 1.00 bits per heavy atom. The quantitative estimate of drug-likeness (QED) is 0.684. The first-order valence-electron chi connectivity index (χ1n) is 4.72. The van der Waals surface area contributed by atoms with Gasteiger partial charge >= 0.3 is 0 Å². The van der Waals surface area contributed by atoms with Gasteiger partial charge in [-0.25, -0.2) is 0 Å². The van der Waals surface area contributed by atoms with Crippen LogP contribution in [0.4, 0.5) is 0 Å². The van der Waals surface area contributed by atoms with Crippen LogP contribution in [0.1, 0.15) is 47.5 Å². The van der Waals surface area contributed by atoms with Gasteiger partial charge in [0.05, 0.1) is 11.2 Å². The topological polar surface area (TPSA) is 40.5 Å². The minimum Gasteiger partial charge on any atom is -0.387 e. The Morgan fingerprint density at radius 2 is 1.33 bits per heavy atom. The van der Waals surface area contributed by atoms with Crippen molar-refractivity contribution in [3.63, 3.8) is 0 Å². The monoisotopic (exact) mass is 174 g/mol. The molecule has 0 bridgehead atoms. The van der Waals surface area contributed by atoms with Crippen LogP contribution < -0.4 is 0 Å². The van der Waals surface area contributed by atoms with Crippen molar-refractivity contribution in [2.75, 3.05) is 0 Å². The molecule has 0 heterocycles. The summed E-state index contributed by atoms with van der Waals surface area (Å²) in [6.07, 6.45) is 1.79. The first kappa shape index (κ1) is 11.9. The van der Waals surface area contributed by atoms with E-state index >= 15 is 0 Å². The maximum absolute atomic E-state index is 10.1. The van der Waals surface area contributed by atoms with Crippen molar-refractivity contribution in [2.45, 2.75) is 58.7 Å². The normalized spacial score (nSPS) is 18.0. The Balaban J connectivity index is 4.57. The molecule has 12 heavy (non-hydrogen) atoms. The molecule has 0 aromatic carbocycles. The van der Waals surface area contributed by atoms with Crippen LogP contribution in [0.2, 0.25) is 0 Å². The van der Waals surface area contributed by atoms with Crippen LogP contribution >= 0.6 is 0 Å². The smallest absolute Gasteiger partial charge is 0.0927 e. The van der Waals surface area contributed by atoms with E-state index < -0.39 is 11.2 Å². The Bertz CT molecular complexity index is 129. The van der Waals surface area contributed by atoms with Crippen LogP contribution in [0.15, 0.2) is 0 Å². The van der Waals surface area contributed by atoms with Gasteiger partial charge in [-0.1, -0.05) is 26.7 Å². The van der Waals surface area contributed by atoms with Gasteiger partial charge in [0.2, 0.25) is 0 Å². The van der Waals surface area contributed by atoms with E-state index in [1.54, 1.807) is 20.8 Å². The SMILES string of the molecule is CCC(CC)C(C)(O)C(C)(C)O. The van der Waals surface area contributed by atoms with Gasteiger partial charge in [0.15, 0.2) is 0 Å². The molecule has 0 aliphatic rings. The third-order valence-electron chi connectivity index (χ3n) is 3.02. The molecule has 0 aliphatic heterocycles. The highest BCUT2D eigenvalue weighted by Crippen LogP contribution is 2.33. The minimum absolute atomic E-state index is 0.164. The molecule has 1 atom stereocenters. The van der Waals surface area contributed by atoms with Gasteiger partial charge in [0.25, 0.3) is 0 Å². The fraction of sp³-hybridized carbons (Fsp3) is 1.00. The molecule has 2 N–H and O–H groups in total. The second kappa shape index (κ2) is 3.75. The molecule has 0 saturated carbocycles. The summed E-state index contributed by atoms with van der Waals surface area (Å²) in [5, 5.41) is 19.8. The highest BCUT2D eigenvalue weighted by molar-refractivity contribution is 4.94. The van der Waals surface area contributed by atoms with Crippen molar-refractivity contribution in [1.82, 2.24) is 0 Å². The van der Waals surface area contributed by atoms with E-state index in [-0.39, 0.29) is 5.92 Å². The predicted octanol–water partition coefficient (Wildman–Crippen LogP) is 1.94. The summed E-state index contributed by atoms with van der Waals surface area (Å²) < 4.78 is 0. The van der Waals surface area contributed by atoms with Gasteiger partial charge in [-0.3, -0.25) is 0 Å². The summed E-state index contributed by atoms with van der Waals surface area (Å²) >= 11 is 0. The van der Waals surface area contributed by atoms with Crippen molar-refractivity contribution in [3.05, 3.63) is 0 Å². The molecule has 0 aromatic heterocycles. The second-order valence-electron chi connectivity index (χ2n) is 4.22. The van der Waals surface area contributed by atoms with E-state index in [2.05, 4.69) is 0 Å². The molecule has 0 radical (unpaired) electrons. The Morgan fingerprint density at radius 3 is 1.42 bits per heavy atom. The van der Waals surface area contributed by atoms with Crippen LogP contribution in [-0.2, 0) is 0 Å². The standard InChI is InChI=1S/C10H22O2/c1-6-8(7-2)10(5,12)9(3,4)11/h8,11-12H,6-7H2,1-5H3. The van der Waals surface area contributed by atoms with Gasteiger partial charge in [0.1, 0.15) is 0 Å². The number of aliphatic hydroxyl groups is 2. The van der Waals surface area contributed by atoms with Crippen LogP contribution in [0.25, 0.3) is 0 Å². The van der Waals surface area contributed by atoms with Gasteiger partial charge in [-0.2, -0.15) is 0 Å². The molecule has 1 unspecified atom stereocenters. The van der Waals surface area contributed by atoms with E-state index in [9.17, 15) is 10.2 Å². The van der Waals surface area contributed by atoms with Crippen molar-refractivity contribution < 1.29 is 10.2 Å². The number of rotatable bonds is 4. The summed E-state index contributed by atoms with van der Waals surface area (Å²) in [6.45, 7) is 9.10. The van der Waals surface area contributed by atoms with Gasteiger partial charge < -0.3 is 10.2 Å². The lowest BCUT2D eigenvalue weighted by Crippen LogP contribution is -2.52. The van der Waals surface area contributed by atoms with Gasteiger partial charge in [-0.05, 0) is 26.7 Å². The fourth-order valence-electron chi connectivity index (χ4n) is 1.58. The van der Waals surface area contributed by atoms with Crippen molar-refractivity contribution >= 4 is 0 Å². The van der Waals surface area contributed by atoms with Crippen molar-refractivity contribution in [3.8, 4) is 0 Å². The molecule has 0 aliphatic carbocycles. The molecular formula is C10H22O2. The second-order valence-corrected chi connectivity index (χ2v) is 4.22. The van der Waals surface area contributed by atoms with E-state index in [4.69, 9.17) is 0 Å². The zero-order valence-corrected chi connectivity index (χ0v) is 8.89. The molecule has 2 heteroatoms. The van der Waals surface area contributed by atoms with Crippen LogP contribution in [0, 0.1) is 5.92 Å². The average Bonchev–Trinajstić information content (AvgIpc) is 1.87. The maximum Gasteiger partial charge on any atom is 0.0927 e. The number of hydrogen-bond acceptors (Lipinski definition) is 2. The third kappa shape index (κ3) is 2.20. The van der Waals surface area contributed by atoms with Crippen molar-refractivity contribution in [2.24, 2.45) is 5.92 Å². The van der Waals surface area contributed by atoms with E-state index in [1.165, 1.54) is 0 Å². The Kier molecular flexibility index (Phi) is 3.73. The third-order valence-corrected chi connectivity index (χ3v) is 3.02. The largest absolute Gasteiger partial charge is 0.387 e. The average molecular weight is 174 g/mol.